The lowest BCUT2D eigenvalue weighted by Crippen LogP contribution is -2.22. The molecule has 2 N–H and O–H groups in total. The molecule has 0 bridgehead atoms. The third kappa shape index (κ3) is 4.22. The molecule has 0 radical (unpaired) electrons. The first-order valence-electron chi connectivity index (χ1n) is 6.83. The summed E-state index contributed by atoms with van der Waals surface area (Å²) in [6, 6.07) is 0.332. The average molecular weight is 265 g/mol. The molecule has 1 aliphatic rings. The summed E-state index contributed by atoms with van der Waals surface area (Å²) in [4.78, 5) is 14.7. The van der Waals surface area contributed by atoms with Gasteiger partial charge in [0.05, 0.1) is 6.61 Å². The van der Waals surface area contributed by atoms with E-state index in [0.29, 0.717) is 18.6 Å². The highest BCUT2D eigenvalue weighted by molar-refractivity contribution is 5.36. The van der Waals surface area contributed by atoms with E-state index in [2.05, 4.69) is 40.6 Å². The molecular weight excluding hydrogens is 242 g/mol. The Labute approximate surface area is 114 Å². The molecule has 0 aromatic carbocycles. The highest BCUT2D eigenvalue weighted by Crippen LogP contribution is 2.20. The maximum Gasteiger partial charge on any atom is 0.323 e. The van der Waals surface area contributed by atoms with Gasteiger partial charge < -0.3 is 15.4 Å². The van der Waals surface area contributed by atoms with E-state index >= 15 is 0 Å². The van der Waals surface area contributed by atoms with Gasteiger partial charge in [-0.3, -0.25) is 0 Å². The molecule has 1 aliphatic heterocycles. The predicted molar refractivity (Wildman–Crippen MR) is 75.3 cm³/mol. The molecule has 2 rings (SSSR count). The van der Waals surface area contributed by atoms with Crippen molar-refractivity contribution in [1.82, 2.24) is 15.0 Å². The molecule has 2 heterocycles. The van der Waals surface area contributed by atoms with Crippen molar-refractivity contribution < 1.29 is 4.74 Å². The SMILES string of the molecule is CC(C)(C)CCOc1nc(N)nc(N2CCCC2)n1. The maximum atomic E-state index is 5.72. The third-order valence-corrected chi connectivity index (χ3v) is 3.09. The minimum Gasteiger partial charge on any atom is -0.463 e. The molecule has 1 aromatic rings. The van der Waals surface area contributed by atoms with Crippen LogP contribution in [0.4, 0.5) is 11.9 Å². The molecule has 106 valence electrons. The molecule has 0 spiro atoms. The van der Waals surface area contributed by atoms with Crippen LogP contribution in [0.25, 0.3) is 0 Å². The van der Waals surface area contributed by atoms with E-state index in [1.807, 2.05) is 0 Å². The second kappa shape index (κ2) is 5.59. The Balaban J connectivity index is 2.00. The lowest BCUT2D eigenvalue weighted by molar-refractivity contribution is 0.229. The van der Waals surface area contributed by atoms with E-state index in [4.69, 9.17) is 10.5 Å². The molecule has 6 heteroatoms. The van der Waals surface area contributed by atoms with E-state index in [0.717, 1.165) is 19.5 Å². The van der Waals surface area contributed by atoms with Crippen molar-refractivity contribution in [3.8, 4) is 6.01 Å². The zero-order valence-corrected chi connectivity index (χ0v) is 12.0. The van der Waals surface area contributed by atoms with Crippen molar-refractivity contribution in [2.75, 3.05) is 30.3 Å². The molecule has 0 aliphatic carbocycles. The first-order valence-corrected chi connectivity index (χ1v) is 6.83. The molecule has 1 fully saturated rings. The van der Waals surface area contributed by atoms with Gasteiger partial charge in [-0.2, -0.15) is 15.0 Å². The Hall–Kier alpha value is -1.59. The monoisotopic (exact) mass is 265 g/mol. The lowest BCUT2D eigenvalue weighted by atomic mass is 9.93. The smallest absolute Gasteiger partial charge is 0.323 e. The number of anilines is 2. The zero-order chi connectivity index (χ0) is 13.9. The average Bonchev–Trinajstić information content (AvgIpc) is 2.79. The van der Waals surface area contributed by atoms with Gasteiger partial charge >= 0.3 is 6.01 Å². The van der Waals surface area contributed by atoms with Crippen molar-refractivity contribution in [1.29, 1.82) is 0 Å². The highest BCUT2D eigenvalue weighted by atomic mass is 16.5. The first-order chi connectivity index (χ1) is 8.94. The number of rotatable bonds is 4. The van der Waals surface area contributed by atoms with Crippen LogP contribution < -0.4 is 15.4 Å². The van der Waals surface area contributed by atoms with Crippen LogP contribution in [0.1, 0.15) is 40.0 Å². The second-order valence-corrected chi connectivity index (χ2v) is 6.13. The third-order valence-electron chi connectivity index (χ3n) is 3.09. The summed E-state index contributed by atoms with van der Waals surface area (Å²) < 4.78 is 5.59. The Morgan fingerprint density at radius 2 is 1.84 bits per heavy atom. The van der Waals surface area contributed by atoms with Gasteiger partial charge in [0.25, 0.3) is 0 Å². The van der Waals surface area contributed by atoms with Crippen molar-refractivity contribution in [3.05, 3.63) is 0 Å². The van der Waals surface area contributed by atoms with Gasteiger partial charge in [-0.25, -0.2) is 0 Å². The number of aromatic nitrogens is 3. The van der Waals surface area contributed by atoms with Crippen LogP contribution in [0.15, 0.2) is 0 Å². The molecule has 1 saturated heterocycles. The largest absolute Gasteiger partial charge is 0.463 e. The first kappa shape index (κ1) is 13.8. The summed E-state index contributed by atoms with van der Waals surface area (Å²) in [5, 5.41) is 0. The summed E-state index contributed by atoms with van der Waals surface area (Å²) in [5.74, 6) is 0.860. The fraction of sp³-hybridized carbons (Fsp3) is 0.769. The minimum absolute atomic E-state index is 0.225. The number of hydrogen-bond donors (Lipinski definition) is 1. The van der Waals surface area contributed by atoms with E-state index in [1.165, 1.54) is 12.8 Å². The normalized spacial score (nSPS) is 15.8. The van der Waals surface area contributed by atoms with Crippen LogP contribution in [0.2, 0.25) is 0 Å². The lowest BCUT2D eigenvalue weighted by Gasteiger charge is -2.18. The number of nitrogens with zero attached hydrogens (tertiary/aromatic N) is 4. The van der Waals surface area contributed by atoms with Gasteiger partial charge in [-0.05, 0) is 24.7 Å². The predicted octanol–water partition coefficient (Wildman–Crippen LogP) is 1.87. The second-order valence-electron chi connectivity index (χ2n) is 6.13. The molecule has 0 saturated carbocycles. The highest BCUT2D eigenvalue weighted by Gasteiger charge is 2.17. The molecule has 1 aromatic heterocycles. The van der Waals surface area contributed by atoms with Gasteiger partial charge in [-0.1, -0.05) is 20.8 Å². The van der Waals surface area contributed by atoms with Crippen LogP contribution in [0.3, 0.4) is 0 Å². The fourth-order valence-corrected chi connectivity index (χ4v) is 1.93. The Morgan fingerprint density at radius 3 is 2.47 bits per heavy atom. The van der Waals surface area contributed by atoms with Crippen molar-refractivity contribution in [2.24, 2.45) is 5.41 Å². The molecule has 0 amide bonds. The standard InChI is InChI=1S/C13H23N5O/c1-13(2,3)6-9-19-12-16-10(14)15-11(17-12)18-7-4-5-8-18/h4-9H2,1-3H3,(H2,14,15,16,17). The van der Waals surface area contributed by atoms with E-state index in [-0.39, 0.29) is 11.4 Å². The minimum atomic E-state index is 0.225. The number of ether oxygens (including phenoxy) is 1. The van der Waals surface area contributed by atoms with Crippen molar-refractivity contribution in [2.45, 2.75) is 40.0 Å². The Bertz CT molecular complexity index is 424. The summed E-state index contributed by atoms with van der Waals surface area (Å²) in [7, 11) is 0. The van der Waals surface area contributed by atoms with Crippen LogP contribution >= 0.6 is 0 Å². The summed E-state index contributed by atoms with van der Waals surface area (Å²) in [6.07, 6.45) is 3.29. The summed E-state index contributed by atoms with van der Waals surface area (Å²) in [5.41, 5.74) is 5.95. The van der Waals surface area contributed by atoms with E-state index in [9.17, 15) is 0 Å². The number of nitrogens with two attached hydrogens (primary N) is 1. The van der Waals surface area contributed by atoms with Crippen LogP contribution in [-0.2, 0) is 0 Å². The van der Waals surface area contributed by atoms with Gasteiger partial charge in [0.15, 0.2) is 0 Å². The van der Waals surface area contributed by atoms with Crippen molar-refractivity contribution >= 4 is 11.9 Å². The van der Waals surface area contributed by atoms with Crippen LogP contribution in [-0.4, -0.2) is 34.6 Å². The van der Waals surface area contributed by atoms with Crippen LogP contribution in [0.5, 0.6) is 6.01 Å². The molecule has 6 nitrogen and oxygen atoms in total. The number of hydrogen-bond acceptors (Lipinski definition) is 6. The molecule has 0 atom stereocenters. The maximum absolute atomic E-state index is 5.72. The van der Waals surface area contributed by atoms with E-state index in [1.54, 1.807) is 0 Å². The topological polar surface area (TPSA) is 77.2 Å². The van der Waals surface area contributed by atoms with Gasteiger partial charge in [0.1, 0.15) is 0 Å². The fourth-order valence-electron chi connectivity index (χ4n) is 1.93. The molecule has 0 unspecified atom stereocenters. The molecule has 19 heavy (non-hydrogen) atoms. The Kier molecular flexibility index (Phi) is 4.07. The number of nitrogen functional groups attached to an aromatic ring is 1. The van der Waals surface area contributed by atoms with Gasteiger partial charge in [0.2, 0.25) is 11.9 Å². The molecular formula is C13H23N5O. The van der Waals surface area contributed by atoms with Crippen LogP contribution in [0, 0.1) is 5.41 Å². The Morgan fingerprint density at radius 1 is 1.16 bits per heavy atom. The summed E-state index contributed by atoms with van der Waals surface area (Å²) >= 11 is 0. The van der Waals surface area contributed by atoms with Crippen molar-refractivity contribution in [3.63, 3.8) is 0 Å². The van der Waals surface area contributed by atoms with Gasteiger partial charge in [0, 0.05) is 13.1 Å². The van der Waals surface area contributed by atoms with E-state index < -0.39 is 0 Å². The quantitative estimate of drug-likeness (QED) is 0.895. The van der Waals surface area contributed by atoms with Gasteiger partial charge in [-0.15, -0.1) is 0 Å². The zero-order valence-electron chi connectivity index (χ0n) is 12.0. The summed E-state index contributed by atoms with van der Waals surface area (Å²) in [6.45, 7) is 9.07.